The molecule has 0 spiro atoms. The van der Waals surface area contributed by atoms with Crippen LogP contribution in [-0.4, -0.2) is 40.0 Å². The van der Waals surface area contributed by atoms with Gasteiger partial charge in [-0.05, 0) is 19.1 Å². The molecule has 0 fully saturated rings. The Labute approximate surface area is 115 Å². The summed E-state index contributed by atoms with van der Waals surface area (Å²) >= 11 is 0. The van der Waals surface area contributed by atoms with Gasteiger partial charge >= 0.3 is 5.97 Å². The second kappa shape index (κ2) is 6.46. The minimum absolute atomic E-state index is 0.137. The molecule has 1 N–H and O–H groups in total. The minimum atomic E-state index is -0.490. The van der Waals surface area contributed by atoms with Crippen molar-refractivity contribution >= 4 is 11.9 Å². The lowest BCUT2D eigenvalue weighted by molar-refractivity contribution is -0.141. The van der Waals surface area contributed by atoms with Crippen molar-refractivity contribution in [1.29, 1.82) is 0 Å². The number of benzene rings is 1. The van der Waals surface area contributed by atoms with Crippen molar-refractivity contribution < 1.29 is 14.3 Å². The SMILES string of the molecule is CCOC(=O)CNC(=O)c1cnn(-c2ccccc2)n1. The summed E-state index contributed by atoms with van der Waals surface area (Å²) in [6, 6.07) is 9.21. The Morgan fingerprint density at radius 1 is 1.30 bits per heavy atom. The van der Waals surface area contributed by atoms with Gasteiger partial charge in [-0.25, -0.2) is 0 Å². The topological polar surface area (TPSA) is 86.1 Å². The first kappa shape index (κ1) is 13.7. The van der Waals surface area contributed by atoms with Crippen LogP contribution in [0.15, 0.2) is 36.5 Å². The smallest absolute Gasteiger partial charge is 0.325 e. The van der Waals surface area contributed by atoms with Crippen molar-refractivity contribution in [3.8, 4) is 5.69 Å². The lowest BCUT2D eigenvalue weighted by atomic mass is 10.3. The monoisotopic (exact) mass is 274 g/mol. The zero-order chi connectivity index (χ0) is 14.4. The predicted molar refractivity (Wildman–Crippen MR) is 70.3 cm³/mol. The van der Waals surface area contributed by atoms with Crippen LogP contribution in [0.1, 0.15) is 17.4 Å². The first-order chi connectivity index (χ1) is 9.70. The molecule has 0 bridgehead atoms. The second-order valence-corrected chi connectivity index (χ2v) is 3.84. The van der Waals surface area contributed by atoms with E-state index in [2.05, 4.69) is 15.5 Å². The van der Waals surface area contributed by atoms with Crippen molar-refractivity contribution in [2.45, 2.75) is 6.92 Å². The fourth-order valence-electron chi connectivity index (χ4n) is 1.51. The van der Waals surface area contributed by atoms with Crippen molar-refractivity contribution in [1.82, 2.24) is 20.3 Å². The standard InChI is InChI=1S/C13H14N4O3/c1-2-20-12(18)9-14-13(19)11-8-15-17(16-11)10-6-4-3-5-7-10/h3-8H,2,9H2,1H3,(H,14,19). The van der Waals surface area contributed by atoms with Crippen molar-refractivity contribution in [3.05, 3.63) is 42.2 Å². The van der Waals surface area contributed by atoms with Gasteiger partial charge < -0.3 is 10.1 Å². The number of nitrogens with zero attached hydrogens (tertiary/aromatic N) is 3. The number of ether oxygens (including phenoxy) is 1. The first-order valence-electron chi connectivity index (χ1n) is 6.12. The number of hydrogen-bond acceptors (Lipinski definition) is 5. The zero-order valence-electron chi connectivity index (χ0n) is 10.9. The number of carbonyl (C=O) groups excluding carboxylic acids is 2. The number of nitrogens with one attached hydrogen (secondary N) is 1. The molecule has 1 aromatic heterocycles. The summed E-state index contributed by atoms with van der Waals surface area (Å²) in [7, 11) is 0. The van der Waals surface area contributed by atoms with E-state index in [4.69, 9.17) is 4.74 Å². The Hall–Kier alpha value is -2.70. The average molecular weight is 274 g/mol. The van der Waals surface area contributed by atoms with E-state index in [-0.39, 0.29) is 18.8 Å². The maximum atomic E-state index is 11.8. The number of esters is 1. The normalized spacial score (nSPS) is 10.1. The summed E-state index contributed by atoms with van der Waals surface area (Å²) in [6.07, 6.45) is 1.34. The zero-order valence-corrected chi connectivity index (χ0v) is 10.9. The Morgan fingerprint density at radius 2 is 2.05 bits per heavy atom. The highest BCUT2D eigenvalue weighted by Crippen LogP contribution is 2.03. The molecule has 0 aliphatic rings. The van der Waals surface area contributed by atoms with Crippen LogP contribution in [0.4, 0.5) is 0 Å². The van der Waals surface area contributed by atoms with Gasteiger partial charge in [0.1, 0.15) is 6.54 Å². The van der Waals surface area contributed by atoms with E-state index in [0.717, 1.165) is 5.69 Å². The molecular formula is C13H14N4O3. The molecule has 0 saturated heterocycles. The molecule has 1 amide bonds. The fourth-order valence-corrected chi connectivity index (χ4v) is 1.51. The highest BCUT2D eigenvalue weighted by atomic mass is 16.5. The van der Waals surface area contributed by atoms with Crippen LogP contribution in [0.5, 0.6) is 0 Å². The maximum absolute atomic E-state index is 11.8. The third-order valence-corrected chi connectivity index (χ3v) is 2.41. The Kier molecular flexibility index (Phi) is 4.43. The molecule has 0 radical (unpaired) electrons. The largest absolute Gasteiger partial charge is 0.465 e. The molecule has 0 aliphatic carbocycles. The van der Waals surface area contributed by atoms with Crippen LogP contribution in [0.3, 0.4) is 0 Å². The summed E-state index contributed by atoms with van der Waals surface area (Å²) in [5.74, 6) is -0.962. The molecule has 0 saturated carbocycles. The first-order valence-corrected chi connectivity index (χ1v) is 6.12. The van der Waals surface area contributed by atoms with E-state index in [1.165, 1.54) is 11.0 Å². The molecule has 20 heavy (non-hydrogen) atoms. The summed E-state index contributed by atoms with van der Waals surface area (Å²) in [6.45, 7) is 1.79. The van der Waals surface area contributed by atoms with Gasteiger partial charge in [0.15, 0.2) is 5.69 Å². The molecule has 1 aromatic carbocycles. The van der Waals surface area contributed by atoms with E-state index in [0.29, 0.717) is 0 Å². The molecule has 1 heterocycles. The molecule has 2 rings (SSSR count). The molecule has 104 valence electrons. The number of aromatic nitrogens is 3. The maximum Gasteiger partial charge on any atom is 0.325 e. The van der Waals surface area contributed by atoms with E-state index in [1.807, 2.05) is 30.3 Å². The number of carbonyl (C=O) groups is 2. The highest BCUT2D eigenvalue weighted by Gasteiger charge is 2.12. The van der Waals surface area contributed by atoms with Crippen LogP contribution in [0.25, 0.3) is 5.69 Å². The van der Waals surface area contributed by atoms with Crippen molar-refractivity contribution in [2.24, 2.45) is 0 Å². The minimum Gasteiger partial charge on any atom is -0.465 e. The number of amides is 1. The Balaban J connectivity index is 1.98. The van der Waals surface area contributed by atoms with Gasteiger partial charge in [-0.1, -0.05) is 18.2 Å². The second-order valence-electron chi connectivity index (χ2n) is 3.84. The molecule has 0 atom stereocenters. The average Bonchev–Trinajstić information content (AvgIpc) is 2.96. The van der Waals surface area contributed by atoms with Crippen LogP contribution >= 0.6 is 0 Å². The molecule has 0 aliphatic heterocycles. The number of rotatable bonds is 5. The molecule has 2 aromatic rings. The summed E-state index contributed by atoms with van der Waals surface area (Å²) in [5, 5.41) is 10.5. The number of para-hydroxylation sites is 1. The molecular weight excluding hydrogens is 260 g/mol. The van der Waals surface area contributed by atoms with Crippen molar-refractivity contribution in [3.63, 3.8) is 0 Å². The molecule has 0 unspecified atom stereocenters. The van der Waals surface area contributed by atoms with Crippen molar-refractivity contribution in [2.75, 3.05) is 13.2 Å². The van der Waals surface area contributed by atoms with E-state index < -0.39 is 11.9 Å². The van der Waals surface area contributed by atoms with E-state index >= 15 is 0 Å². The van der Waals surface area contributed by atoms with Gasteiger partial charge in [0.25, 0.3) is 5.91 Å². The van der Waals surface area contributed by atoms with Gasteiger partial charge in [0, 0.05) is 0 Å². The van der Waals surface area contributed by atoms with Gasteiger partial charge in [-0.2, -0.15) is 9.90 Å². The number of hydrogen-bond donors (Lipinski definition) is 1. The lowest BCUT2D eigenvalue weighted by Gasteiger charge is -2.02. The summed E-state index contributed by atoms with van der Waals surface area (Å²) < 4.78 is 4.71. The third kappa shape index (κ3) is 3.41. The van der Waals surface area contributed by atoms with Crippen LogP contribution in [-0.2, 0) is 9.53 Å². The van der Waals surface area contributed by atoms with Crippen LogP contribution in [0.2, 0.25) is 0 Å². The van der Waals surface area contributed by atoms with E-state index in [9.17, 15) is 9.59 Å². The van der Waals surface area contributed by atoms with E-state index in [1.54, 1.807) is 6.92 Å². The van der Waals surface area contributed by atoms with Gasteiger partial charge in [-0.3, -0.25) is 9.59 Å². The quantitative estimate of drug-likeness (QED) is 0.805. The van der Waals surface area contributed by atoms with Crippen LogP contribution < -0.4 is 5.32 Å². The van der Waals surface area contributed by atoms with Gasteiger partial charge in [-0.15, -0.1) is 5.10 Å². The van der Waals surface area contributed by atoms with Gasteiger partial charge in [0.2, 0.25) is 0 Å². The summed E-state index contributed by atoms with van der Waals surface area (Å²) in [4.78, 5) is 24.2. The molecule has 7 nitrogen and oxygen atoms in total. The third-order valence-electron chi connectivity index (χ3n) is 2.41. The Bertz CT molecular complexity index is 595. The highest BCUT2D eigenvalue weighted by molar-refractivity contribution is 5.93. The van der Waals surface area contributed by atoms with Gasteiger partial charge in [0.05, 0.1) is 18.5 Å². The van der Waals surface area contributed by atoms with Crippen LogP contribution in [0, 0.1) is 0 Å². The lowest BCUT2D eigenvalue weighted by Crippen LogP contribution is -2.30. The molecule has 7 heteroatoms. The summed E-state index contributed by atoms with van der Waals surface area (Å²) in [5.41, 5.74) is 0.884. The predicted octanol–water partition coefficient (Wildman–Crippen LogP) is 0.560. The Morgan fingerprint density at radius 3 is 2.75 bits per heavy atom. The fraction of sp³-hybridized carbons (Fsp3) is 0.231.